The van der Waals surface area contributed by atoms with Gasteiger partial charge in [0.1, 0.15) is 11.5 Å². The molecule has 0 aliphatic rings. The fourth-order valence-electron chi connectivity index (χ4n) is 3.32. The zero-order valence-corrected chi connectivity index (χ0v) is 26.1. The van der Waals surface area contributed by atoms with Crippen molar-refractivity contribution in [3.8, 4) is 11.5 Å². The molecule has 8 nitrogen and oxygen atoms in total. The smallest absolute Gasteiger partial charge is 0.310 e. The van der Waals surface area contributed by atoms with E-state index in [0.29, 0.717) is 25.0 Å². The molecule has 232 valence electrons. The summed E-state index contributed by atoms with van der Waals surface area (Å²) in [5, 5.41) is 18.2. The van der Waals surface area contributed by atoms with Crippen LogP contribution in [0, 0.1) is 11.8 Å². The first-order chi connectivity index (χ1) is 19.5. The zero-order chi connectivity index (χ0) is 31.0. The highest BCUT2D eigenvalue weighted by atomic mass is 16.7. The predicted molar refractivity (Wildman–Crippen MR) is 162 cm³/mol. The molecular weight excluding hydrogens is 524 g/mol. The molecule has 0 saturated carbocycles. The Bertz CT molecular complexity index is 852. The molecule has 0 aliphatic carbocycles. The maximum atomic E-state index is 11.5. The Morgan fingerprint density at radius 3 is 1.32 bits per heavy atom. The first-order valence-corrected chi connectivity index (χ1v) is 14.5. The predicted octanol–water partition coefficient (Wildman–Crippen LogP) is 6.84. The van der Waals surface area contributed by atoms with Gasteiger partial charge in [0, 0.05) is 13.7 Å². The van der Waals surface area contributed by atoms with Crippen LogP contribution in [-0.2, 0) is 41.4 Å². The average Bonchev–Trinajstić information content (AvgIpc) is 2.92. The van der Waals surface area contributed by atoms with Gasteiger partial charge < -0.3 is 29.2 Å². The molecule has 0 amide bonds. The van der Waals surface area contributed by atoms with Crippen molar-refractivity contribution in [3.05, 3.63) is 59.7 Å². The Balaban J connectivity index is 0.000000637. The quantitative estimate of drug-likeness (QED) is 0.135. The fourth-order valence-corrected chi connectivity index (χ4v) is 3.32. The van der Waals surface area contributed by atoms with Crippen molar-refractivity contribution in [2.45, 2.75) is 86.4 Å². The lowest BCUT2D eigenvalue weighted by molar-refractivity contribution is -0.143. The van der Waals surface area contributed by atoms with Crippen LogP contribution < -0.4 is 0 Å². The number of phenolic OH excluding ortho intramolecular Hbond substituents is 2. The Hall–Kier alpha value is -3.10. The Kier molecular flexibility index (Phi) is 21.8. The van der Waals surface area contributed by atoms with Gasteiger partial charge in [0.25, 0.3) is 0 Å². The summed E-state index contributed by atoms with van der Waals surface area (Å²) >= 11 is 0. The summed E-state index contributed by atoms with van der Waals surface area (Å²) in [6, 6.07) is 13.2. The minimum Gasteiger partial charge on any atom is -0.508 e. The van der Waals surface area contributed by atoms with Gasteiger partial charge in [0.15, 0.2) is 6.29 Å². The van der Waals surface area contributed by atoms with Crippen molar-refractivity contribution in [1.82, 2.24) is 0 Å². The second-order valence-corrected chi connectivity index (χ2v) is 10.5. The van der Waals surface area contributed by atoms with Gasteiger partial charge in [-0.15, -0.1) is 0 Å². The third kappa shape index (κ3) is 23.3. The van der Waals surface area contributed by atoms with E-state index in [2.05, 4.69) is 27.7 Å². The lowest BCUT2D eigenvalue weighted by Crippen LogP contribution is -2.09. The van der Waals surface area contributed by atoms with Crippen LogP contribution in [0.25, 0.3) is 0 Å². The number of phenols is 2. The molecule has 0 bridgehead atoms. The van der Waals surface area contributed by atoms with Crippen LogP contribution in [0.5, 0.6) is 11.5 Å². The number of hydrogen-bond acceptors (Lipinski definition) is 8. The molecule has 1 unspecified atom stereocenters. The summed E-state index contributed by atoms with van der Waals surface area (Å²) < 4.78 is 20.0. The number of rotatable bonds is 15. The lowest BCUT2D eigenvalue weighted by atomic mass is 10.1. The number of carbonyl (C=O) groups is 2. The van der Waals surface area contributed by atoms with Crippen molar-refractivity contribution in [3.63, 3.8) is 0 Å². The number of aromatic hydroxyl groups is 2. The van der Waals surface area contributed by atoms with Gasteiger partial charge in [-0.25, -0.2) is 0 Å². The maximum absolute atomic E-state index is 11.5. The first kappa shape index (κ1) is 37.9. The van der Waals surface area contributed by atoms with Crippen molar-refractivity contribution in [2.75, 3.05) is 26.9 Å². The SMILES string of the molecule is CC(C)CCCOC(=O)Cc1ccc(O)cc1.CC(C)CCCOC(=O)Cc1ccc(O)cc1.CCOC(C)OC. The summed E-state index contributed by atoms with van der Waals surface area (Å²) in [5.41, 5.74) is 1.72. The van der Waals surface area contributed by atoms with E-state index in [1.807, 2.05) is 13.8 Å². The molecule has 2 aromatic carbocycles. The molecule has 0 aliphatic heterocycles. The zero-order valence-electron chi connectivity index (χ0n) is 26.1. The Morgan fingerprint density at radius 2 is 1.05 bits per heavy atom. The number of ether oxygens (including phenoxy) is 4. The van der Waals surface area contributed by atoms with E-state index >= 15 is 0 Å². The van der Waals surface area contributed by atoms with Crippen LogP contribution >= 0.6 is 0 Å². The van der Waals surface area contributed by atoms with E-state index in [-0.39, 0.29) is 42.6 Å². The molecule has 0 fully saturated rings. The van der Waals surface area contributed by atoms with Crippen molar-refractivity contribution < 1.29 is 38.7 Å². The van der Waals surface area contributed by atoms with Gasteiger partial charge in [-0.1, -0.05) is 52.0 Å². The van der Waals surface area contributed by atoms with E-state index in [4.69, 9.17) is 29.2 Å². The second kappa shape index (κ2) is 23.6. The normalized spacial score (nSPS) is 11.1. The van der Waals surface area contributed by atoms with Crippen molar-refractivity contribution >= 4 is 11.9 Å². The van der Waals surface area contributed by atoms with Crippen LogP contribution in [-0.4, -0.2) is 55.4 Å². The summed E-state index contributed by atoms with van der Waals surface area (Å²) in [7, 11) is 1.63. The molecule has 2 N–H and O–H groups in total. The first-order valence-electron chi connectivity index (χ1n) is 14.5. The number of benzene rings is 2. The third-order valence-corrected chi connectivity index (χ3v) is 5.68. The number of hydrogen-bond donors (Lipinski definition) is 2. The highest BCUT2D eigenvalue weighted by Gasteiger charge is 2.06. The summed E-state index contributed by atoms with van der Waals surface area (Å²) in [6.45, 7) is 14.1. The number of methoxy groups -OCH3 is 1. The number of esters is 2. The summed E-state index contributed by atoms with van der Waals surface area (Å²) in [5.74, 6) is 1.29. The molecule has 0 spiro atoms. The van der Waals surface area contributed by atoms with E-state index in [9.17, 15) is 9.59 Å². The molecule has 2 rings (SSSR count). The van der Waals surface area contributed by atoms with Gasteiger partial charge in [0.05, 0.1) is 26.1 Å². The Morgan fingerprint density at radius 1 is 0.683 bits per heavy atom. The molecule has 0 aromatic heterocycles. The van der Waals surface area contributed by atoms with E-state index in [1.54, 1.807) is 55.6 Å². The molecule has 0 saturated heterocycles. The van der Waals surface area contributed by atoms with Gasteiger partial charge in [-0.2, -0.15) is 0 Å². The monoisotopic (exact) mass is 576 g/mol. The largest absolute Gasteiger partial charge is 0.508 e. The second-order valence-electron chi connectivity index (χ2n) is 10.5. The van der Waals surface area contributed by atoms with Crippen molar-refractivity contribution in [2.24, 2.45) is 11.8 Å². The number of carbonyl (C=O) groups excluding carboxylic acids is 2. The fraction of sp³-hybridized carbons (Fsp3) is 0.576. The summed E-state index contributed by atoms with van der Waals surface area (Å²) in [4.78, 5) is 22.9. The molecule has 41 heavy (non-hydrogen) atoms. The van der Waals surface area contributed by atoms with E-state index in [0.717, 1.165) is 43.4 Å². The third-order valence-electron chi connectivity index (χ3n) is 5.68. The van der Waals surface area contributed by atoms with Crippen LogP contribution in [0.4, 0.5) is 0 Å². The van der Waals surface area contributed by atoms with E-state index < -0.39 is 0 Å². The highest BCUT2D eigenvalue weighted by Crippen LogP contribution is 2.12. The summed E-state index contributed by atoms with van der Waals surface area (Å²) in [6.07, 6.45) is 4.46. The molecule has 1 atom stereocenters. The van der Waals surface area contributed by atoms with Crippen molar-refractivity contribution in [1.29, 1.82) is 0 Å². The van der Waals surface area contributed by atoms with Crippen LogP contribution in [0.1, 0.15) is 78.4 Å². The van der Waals surface area contributed by atoms with Crippen LogP contribution in [0.15, 0.2) is 48.5 Å². The van der Waals surface area contributed by atoms with Crippen LogP contribution in [0.2, 0.25) is 0 Å². The minimum atomic E-state index is -0.209. The maximum Gasteiger partial charge on any atom is 0.310 e. The standard InChI is InChI=1S/2C14H20O3.C5H12O2/c2*1-11(2)4-3-9-17-14(16)10-12-5-7-13(15)8-6-12;1-4-7-5(2)6-3/h2*5-8,11,15H,3-4,9-10H2,1-2H3;5H,4H2,1-3H3. The topological polar surface area (TPSA) is 112 Å². The molecule has 0 radical (unpaired) electrons. The highest BCUT2D eigenvalue weighted by molar-refractivity contribution is 5.73. The van der Waals surface area contributed by atoms with Gasteiger partial charge in [-0.3, -0.25) is 9.59 Å². The Labute approximate surface area is 247 Å². The molecule has 0 heterocycles. The van der Waals surface area contributed by atoms with Gasteiger partial charge >= 0.3 is 11.9 Å². The molecule has 2 aromatic rings. The van der Waals surface area contributed by atoms with E-state index in [1.165, 1.54) is 0 Å². The lowest BCUT2D eigenvalue weighted by Gasteiger charge is -2.06. The van der Waals surface area contributed by atoms with Gasteiger partial charge in [0.2, 0.25) is 0 Å². The van der Waals surface area contributed by atoms with Crippen LogP contribution in [0.3, 0.4) is 0 Å². The average molecular weight is 577 g/mol. The van der Waals surface area contributed by atoms with Gasteiger partial charge in [-0.05, 0) is 86.8 Å². The minimum absolute atomic E-state index is 0.0509. The molecule has 8 heteroatoms. The molecular formula is C33H52O8.